The predicted molar refractivity (Wildman–Crippen MR) is 110 cm³/mol. The molecule has 0 bridgehead atoms. The van der Waals surface area contributed by atoms with Gasteiger partial charge in [-0.3, -0.25) is 4.79 Å². The van der Waals surface area contributed by atoms with Crippen molar-refractivity contribution in [1.29, 1.82) is 0 Å². The number of para-hydroxylation sites is 2. The maximum Gasteiger partial charge on any atom is 0.410 e. The third-order valence-electron chi connectivity index (χ3n) is 5.91. The van der Waals surface area contributed by atoms with Crippen LogP contribution in [0, 0.1) is 5.92 Å². The van der Waals surface area contributed by atoms with Crippen LogP contribution in [0.25, 0.3) is 11.0 Å². The molecule has 0 spiro atoms. The van der Waals surface area contributed by atoms with Gasteiger partial charge in [0.05, 0.1) is 17.4 Å². The van der Waals surface area contributed by atoms with Crippen LogP contribution in [0.1, 0.15) is 40.0 Å². The number of carbonyl (C=O) groups is 2. The molecule has 3 heterocycles. The summed E-state index contributed by atoms with van der Waals surface area (Å²) >= 11 is 0. The van der Waals surface area contributed by atoms with Gasteiger partial charge in [-0.1, -0.05) is 12.1 Å². The highest BCUT2D eigenvalue weighted by Crippen LogP contribution is 2.32. The summed E-state index contributed by atoms with van der Waals surface area (Å²) in [5.74, 6) is 0.520. The van der Waals surface area contributed by atoms with Gasteiger partial charge in [-0.25, -0.2) is 9.78 Å². The standard InChI is InChI=1S/C22H30N4O3/c1-22(2,3)29-21(28)26-13-8-16-14-24(11-9-18(16)26)20(27)10-12-25-15-23-17-6-4-5-7-19(17)25/h4-7,15-16,18H,8-14H2,1-3H3. The monoisotopic (exact) mass is 398 g/mol. The minimum absolute atomic E-state index is 0.178. The molecule has 7 nitrogen and oxygen atoms in total. The minimum Gasteiger partial charge on any atom is -0.444 e. The number of rotatable bonds is 3. The molecule has 2 amide bonds. The molecule has 2 aliphatic rings. The van der Waals surface area contributed by atoms with Gasteiger partial charge in [0.25, 0.3) is 0 Å². The molecule has 29 heavy (non-hydrogen) atoms. The second-order valence-corrected chi connectivity index (χ2v) is 9.09. The summed E-state index contributed by atoms with van der Waals surface area (Å²) in [5.41, 5.74) is 1.53. The van der Waals surface area contributed by atoms with Crippen LogP contribution in [0.2, 0.25) is 0 Å². The molecule has 156 valence electrons. The zero-order chi connectivity index (χ0) is 20.6. The number of likely N-dealkylation sites (tertiary alicyclic amines) is 2. The Balaban J connectivity index is 1.32. The van der Waals surface area contributed by atoms with Crippen molar-refractivity contribution in [3.63, 3.8) is 0 Å². The fraction of sp³-hybridized carbons (Fsp3) is 0.591. The lowest BCUT2D eigenvalue weighted by Crippen LogP contribution is -2.50. The van der Waals surface area contributed by atoms with Crippen LogP contribution in [0.15, 0.2) is 30.6 Å². The van der Waals surface area contributed by atoms with E-state index in [1.165, 1.54) is 0 Å². The maximum absolute atomic E-state index is 12.8. The van der Waals surface area contributed by atoms with E-state index in [9.17, 15) is 9.59 Å². The number of piperidine rings is 1. The summed E-state index contributed by atoms with van der Waals surface area (Å²) in [6.45, 7) is 8.45. The lowest BCUT2D eigenvalue weighted by atomic mass is 9.92. The molecule has 4 rings (SSSR count). The third kappa shape index (κ3) is 4.23. The van der Waals surface area contributed by atoms with E-state index in [-0.39, 0.29) is 18.0 Å². The first-order valence-electron chi connectivity index (χ1n) is 10.5. The number of hydrogen-bond donors (Lipinski definition) is 0. The van der Waals surface area contributed by atoms with Crippen LogP contribution in [0.4, 0.5) is 4.79 Å². The van der Waals surface area contributed by atoms with Crippen molar-refractivity contribution >= 4 is 23.0 Å². The Morgan fingerprint density at radius 2 is 1.97 bits per heavy atom. The molecule has 7 heteroatoms. The summed E-state index contributed by atoms with van der Waals surface area (Å²) in [5, 5.41) is 0. The normalized spacial score (nSPS) is 22.0. The van der Waals surface area contributed by atoms with E-state index in [0.717, 1.165) is 30.4 Å². The zero-order valence-corrected chi connectivity index (χ0v) is 17.5. The van der Waals surface area contributed by atoms with Gasteiger partial charge in [0.2, 0.25) is 5.91 Å². The molecule has 0 radical (unpaired) electrons. The Hall–Kier alpha value is -2.57. The topological polar surface area (TPSA) is 67.7 Å². The zero-order valence-electron chi connectivity index (χ0n) is 17.5. The fourth-order valence-corrected chi connectivity index (χ4v) is 4.52. The number of aryl methyl sites for hydroxylation is 1. The highest BCUT2D eigenvalue weighted by atomic mass is 16.6. The number of carbonyl (C=O) groups excluding carboxylic acids is 2. The molecule has 2 unspecified atom stereocenters. The van der Waals surface area contributed by atoms with E-state index in [4.69, 9.17) is 4.74 Å². The first-order chi connectivity index (χ1) is 13.8. The summed E-state index contributed by atoms with van der Waals surface area (Å²) in [6.07, 6.45) is 3.80. The first kappa shape index (κ1) is 19.7. The number of ether oxygens (including phenoxy) is 1. The Labute approximate surface area is 171 Å². The predicted octanol–water partition coefficient (Wildman–Crippen LogP) is 3.28. The Kier molecular flexibility index (Phi) is 5.23. The Morgan fingerprint density at radius 1 is 1.17 bits per heavy atom. The number of imidazole rings is 1. The molecule has 0 aliphatic carbocycles. The van der Waals surface area contributed by atoms with Crippen molar-refractivity contribution in [2.45, 2.75) is 58.2 Å². The van der Waals surface area contributed by atoms with E-state index in [1.807, 2.05) is 59.4 Å². The van der Waals surface area contributed by atoms with Gasteiger partial charge in [0, 0.05) is 38.6 Å². The number of hydrogen-bond acceptors (Lipinski definition) is 4. The first-order valence-corrected chi connectivity index (χ1v) is 10.5. The van der Waals surface area contributed by atoms with E-state index in [2.05, 4.69) is 4.98 Å². The van der Waals surface area contributed by atoms with Gasteiger partial charge in [0.15, 0.2) is 0 Å². The summed E-state index contributed by atoms with van der Waals surface area (Å²) in [6, 6.07) is 8.16. The van der Waals surface area contributed by atoms with E-state index in [1.54, 1.807) is 6.33 Å². The van der Waals surface area contributed by atoms with Crippen molar-refractivity contribution in [2.24, 2.45) is 5.92 Å². The molecule has 1 aromatic carbocycles. The largest absolute Gasteiger partial charge is 0.444 e. The number of aromatic nitrogens is 2. The molecule has 2 fully saturated rings. The van der Waals surface area contributed by atoms with Gasteiger partial charge < -0.3 is 19.1 Å². The second kappa shape index (κ2) is 7.69. The van der Waals surface area contributed by atoms with Crippen molar-refractivity contribution < 1.29 is 14.3 Å². The van der Waals surface area contributed by atoms with Crippen molar-refractivity contribution in [3.8, 4) is 0 Å². The highest BCUT2D eigenvalue weighted by molar-refractivity contribution is 5.78. The molecule has 2 saturated heterocycles. The van der Waals surface area contributed by atoms with Crippen molar-refractivity contribution in [1.82, 2.24) is 19.4 Å². The molecule has 2 aliphatic heterocycles. The Morgan fingerprint density at radius 3 is 2.76 bits per heavy atom. The molecular weight excluding hydrogens is 368 g/mol. The van der Waals surface area contributed by atoms with Crippen molar-refractivity contribution in [2.75, 3.05) is 19.6 Å². The average Bonchev–Trinajstić information content (AvgIpc) is 3.28. The van der Waals surface area contributed by atoms with Gasteiger partial charge in [-0.2, -0.15) is 0 Å². The van der Waals surface area contributed by atoms with Gasteiger partial charge >= 0.3 is 6.09 Å². The maximum atomic E-state index is 12.8. The van der Waals surface area contributed by atoms with Crippen LogP contribution >= 0.6 is 0 Å². The lowest BCUT2D eigenvalue weighted by molar-refractivity contribution is -0.133. The third-order valence-corrected chi connectivity index (χ3v) is 5.91. The van der Waals surface area contributed by atoms with Gasteiger partial charge in [-0.05, 0) is 51.7 Å². The number of amides is 2. The van der Waals surface area contributed by atoms with Crippen LogP contribution in [-0.2, 0) is 16.1 Å². The van der Waals surface area contributed by atoms with Crippen LogP contribution in [0.3, 0.4) is 0 Å². The van der Waals surface area contributed by atoms with Crippen LogP contribution in [-0.4, -0.2) is 62.6 Å². The van der Waals surface area contributed by atoms with Crippen molar-refractivity contribution in [3.05, 3.63) is 30.6 Å². The van der Waals surface area contributed by atoms with Gasteiger partial charge in [-0.15, -0.1) is 0 Å². The lowest BCUT2D eigenvalue weighted by Gasteiger charge is -2.38. The summed E-state index contributed by atoms with van der Waals surface area (Å²) in [7, 11) is 0. The van der Waals surface area contributed by atoms with Gasteiger partial charge in [0.1, 0.15) is 5.60 Å². The second-order valence-electron chi connectivity index (χ2n) is 9.09. The molecule has 0 N–H and O–H groups in total. The Bertz CT molecular complexity index is 901. The van der Waals surface area contributed by atoms with Crippen LogP contribution in [0.5, 0.6) is 0 Å². The molecule has 2 atom stereocenters. The fourth-order valence-electron chi connectivity index (χ4n) is 4.52. The highest BCUT2D eigenvalue weighted by Gasteiger charge is 2.42. The summed E-state index contributed by atoms with van der Waals surface area (Å²) in [4.78, 5) is 33.5. The molecule has 1 aromatic heterocycles. The minimum atomic E-state index is -0.483. The molecule has 2 aromatic rings. The molecular formula is C22H30N4O3. The number of nitrogens with zero attached hydrogens (tertiary/aromatic N) is 4. The van der Waals surface area contributed by atoms with Crippen LogP contribution < -0.4 is 0 Å². The average molecular weight is 399 g/mol. The number of benzene rings is 1. The van der Waals surface area contributed by atoms with E-state index in [0.29, 0.717) is 32.0 Å². The summed E-state index contributed by atoms with van der Waals surface area (Å²) < 4.78 is 7.60. The van der Waals surface area contributed by atoms with E-state index < -0.39 is 5.60 Å². The molecule has 0 saturated carbocycles. The van der Waals surface area contributed by atoms with E-state index >= 15 is 0 Å². The smallest absolute Gasteiger partial charge is 0.410 e. The number of fused-ring (bicyclic) bond motifs is 2. The quantitative estimate of drug-likeness (QED) is 0.796. The SMILES string of the molecule is CC(C)(C)OC(=O)N1CCC2CN(C(=O)CCn3cnc4ccccc43)CCC21.